The van der Waals surface area contributed by atoms with Crippen molar-refractivity contribution in [1.29, 1.82) is 0 Å². The Morgan fingerprint density at radius 1 is 1.06 bits per heavy atom. The highest BCUT2D eigenvalue weighted by Gasteiger charge is 2.26. The van der Waals surface area contributed by atoms with Crippen LogP contribution in [0.2, 0.25) is 0 Å². The second-order valence-corrected chi connectivity index (χ2v) is 9.62. The van der Waals surface area contributed by atoms with Crippen LogP contribution in [0.25, 0.3) is 0 Å². The molecule has 1 saturated carbocycles. The van der Waals surface area contributed by atoms with Crippen molar-refractivity contribution in [2.45, 2.75) is 63.5 Å². The second-order valence-electron chi connectivity index (χ2n) is 9.62. The van der Waals surface area contributed by atoms with Crippen LogP contribution < -0.4 is 10.1 Å². The Hall–Kier alpha value is -3.13. The van der Waals surface area contributed by atoms with E-state index in [1.165, 1.54) is 5.56 Å². The summed E-state index contributed by atoms with van der Waals surface area (Å²) in [6.07, 6.45) is 5.73. The molecule has 1 N–H and O–H groups in total. The highest BCUT2D eigenvalue weighted by Crippen LogP contribution is 2.30. The fraction of sp³-hybridized carbons (Fsp3) is 0.519. The number of ether oxygens (including phenoxy) is 2. The van der Waals surface area contributed by atoms with Crippen molar-refractivity contribution in [3.8, 4) is 5.75 Å². The molecule has 2 fully saturated rings. The van der Waals surface area contributed by atoms with Gasteiger partial charge in [-0.05, 0) is 81.2 Å². The molecule has 0 bridgehead atoms. The molecule has 1 heterocycles. The first kappa shape index (κ1) is 25.0. The van der Waals surface area contributed by atoms with Crippen LogP contribution in [0.5, 0.6) is 5.75 Å². The number of amides is 1. The fourth-order valence-corrected chi connectivity index (χ4v) is 5.18. The Labute approximate surface area is 206 Å². The van der Waals surface area contributed by atoms with Crippen molar-refractivity contribution in [3.05, 3.63) is 63.7 Å². The average molecular weight is 482 g/mol. The number of carbonyl (C=O) groups is 1. The van der Waals surface area contributed by atoms with Crippen LogP contribution in [-0.2, 0) is 9.53 Å². The molecule has 35 heavy (non-hydrogen) atoms. The number of methoxy groups -OCH3 is 1. The zero-order valence-corrected chi connectivity index (χ0v) is 20.6. The summed E-state index contributed by atoms with van der Waals surface area (Å²) in [6.45, 7) is 3.44. The summed E-state index contributed by atoms with van der Waals surface area (Å²) in [6, 6.07) is 13.7. The number of nitro benzene ring substituents is 1. The van der Waals surface area contributed by atoms with Gasteiger partial charge in [0.25, 0.3) is 5.69 Å². The number of nitrogens with zero attached hydrogens (tertiary/aromatic N) is 2. The first-order chi connectivity index (χ1) is 16.9. The van der Waals surface area contributed by atoms with E-state index in [9.17, 15) is 14.9 Å². The summed E-state index contributed by atoms with van der Waals surface area (Å²) >= 11 is 0. The SMILES string of the molecule is COc1ccc(C2CCN(C(=O)COC3CCC(Nc4ccc([N+](=O)[O-])c(C)c4)CC3)CC2)cc1. The fourth-order valence-electron chi connectivity index (χ4n) is 5.18. The van der Waals surface area contributed by atoms with E-state index in [0.29, 0.717) is 17.5 Å². The first-order valence-corrected chi connectivity index (χ1v) is 12.5. The second kappa shape index (κ2) is 11.5. The van der Waals surface area contributed by atoms with Crippen LogP contribution in [0.15, 0.2) is 42.5 Å². The van der Waals surface area contributed by atoms with E-state index in [1.54, 1.807) is 26.2 Å². The summed E-state index contributed by atoms with van der Waals surface area (Å²) < 4.78 is 11.2. The Morgan fingerprint density at radius 2 is 1.74 bits per heavy atom. The van der Waals surface area contributed by atoms with Gasteiger partial charge in [0.1, 0.15) is 12.4 Å². The number of anilines is 1. The average Bonchev–Trinajstić information content (AvgIpc) is 2.88. The van der Waals surface area contributed by atoms with Crippen molar-refractivity contribution < 1.29 is 19.2 Å². The first-order valence-electron chi connectivity index (χ1n) is 12.5. The maximum atomic E-state index is 12.7. The van der Waals surface area contributed by atoms with Crippen LogP contribution in [0.1, 0.15) is 55.6 Å². The Kier molecular flexibility index (Phi) is 8.23. The molecule has 0 unspecified atom stereocenters. The lowest BCUT2D eigenvalue weighted by atomic mass is 9.89. The van der Waals surface area contributed by atoms with Gasteiger partial charge >= 0.3 is 0 Å². The molecular weight excluding hydrogens is 446 g/mol. The molecule has 0 atom stereocenters. The maximum Gasteiger partial charge on any atom is 0.272 e. The quantitative estimate of drug-likeness (QED) is 0.419. The number of nitro groups is 1. The van der Waals surface area contributed by atoms with Crippen molar-refractivity contribution >= 4 is 17.3 Å². The number of benzene rings is 2. The van der Waals surface area contributed by atoms with Gasteiger partial charge in [0.2, 0.25) is 5.91 Å². The molecule has 1 aliphatic carbocycles. The molecule has 1 aliphatic heterocycles. The van der Waals surface area contributed by atoms with E-state index < -0.39 is 0 Å². The maximum absolute atomic E-state index is 12.7. The van der Waals surface area contributed by atoms with Crippen LogP contribution in [-0.4, -0.2) is 54.7 Å². The molecule has 8 nitrogen and oxygen atoms in total. The van der Waals surface area contributed by atoms with Crippen LogP contribution in [0.3, 0.4) is 0 Å². The molecule has 2 aromatic rings. The van der Waals surface area contributed by atoms with Gasteiger partial charge in [-0.1, -0.05) is 12.1 Å². The lowest BCUT2D eigenvalue weighted by Crippen LogP contribution is -2.41. The van der Waals surface area contributed by atoms with Gasteiger partial charge < -0.3 is 19.7 Å². The van der Waals surface area contributed by atoms with Crippen molar-refractivity contribution in [2.75, 3.05) is 32.1 Å². The summed E-state index contributed by atoms with van der Waals surface area (Å²) in [5, 5.41) is 14.5. The van der Waals surface area contributed by atoms with E-state index in [-0.39, 0.29) is 29.2 Å². The van der Waals surface area contributed by atoms with Crippen LogP contribution >= 0.6 is 0 Å². The minimum Gasteiger partial charge on any atom is -0.497 e. The van der Waals surface area contributed by atoms with Gasteiger partial charge in [-0.3, -0.25) is 14.9 Å². The number of carbonyl (C=O) groups excluding carboxylic acids is 1. The van der Waals surface area contributed by atoms with Crippen LogP contribution in [0.4, 0.5) is 11.4 Å². The lowest BCUT2D eigenvalue weighted by Gasteiger charge is -2.33. The molecule has 188 valence electrons. The number of rotatable bonds is 8. The topological polar surface area (TPSA) is 93.9 Å². The minimum atomic E-state index is -0.355. The van der Waals surface area contributed by atoms with E-state index >= 15 is 0 Å². The standard InChI is InChI=1S/C27H35N3O5/c1-19-17-23(7-12-26(19)30(32)33)28-22-5-10-25(11-6-22)35-18-27(31)29-15-13-21(14-16-29)20-3-8-24(34-2)9-4-20/h3-4,7-9,12,17,21-22,25,28H,5-6,10-11,13-16,18H2,1-2H3. The number of hydrogen-bond acceptors (Lipinski definition) is 6. The highest BCUT2D eigenvalue weighted by molar-refractivity contribution is 5.77. The van der Waals surface area contributed by atoms with E-state index in [0.717, 1.165) is 63.1 Å². The number of hydrogen-bond donors (Lipinski definition) is 1. The molecule has 2 aliphatic rings. The summed E-state index contributed by atoms with van der Waals surface area (Å²) in [7, 11) is 1.67. The third kappa shape index (κ3) is 6.51. The largest absolute Gasteiger partial charge is 0.497 e. The third-order valence-electron chi connectivity index (χ3n) is 7.32. The van der Waals surface area contributed by atoms with Gasteiger partial charge in [-0.25, -0.2) is 0 Å². The van der Waals surface area contributed by atoms with Gasteiger partial charge in [0.05, 0.1) is 18.1 Å². The highest BCUT2D eigenvalue weighted by atomic mass is 16.6. The zero-order chi connectivity index (χ0) is 24.8. The predicted molar refractivity (Wildman–Crippen MR) is 135 cm³/mol. The van der Waals surface area contributed by atoms with E-state index in [1.807, 2.05) is 23.1 Å². The number of piperidine rings is 1. The zero-order valence-electron chi connectivity index (χ0n) is 20.6. The molecule has 0 spiro atoms. The van der Waals surface area contributed by atoms with Gasteiger partial charge in [-0.2, -0.15) is 0 Å². The van der Waals surface area contributed by atoms with Crippen LogP contribution in [0, 0.1) is 17.0 Å². The van der Waals surface area contributed by atoms with E-state index in [4.69, 9.17) is 9.47 Å². The van der Waals surface area contributed by atoms with Crippen molar-refractivity contribution in [2.24, 2.45) is 0 Å². The summed E-state index contributed by atoms with van der Waals surface area (Å²) in [5.74, 6) is 1.43. The third-order valence-corrected chi connectivity index (χ3v) is 7.32. The molecule has 4 rings (SSSR count). The monoisotopic (exact) mass is 481 g/mol. The molecule has 0 aromatic heterocycles. The molecule has 1 amide bonds. The minimum absolute atomic E-state index is 0.0831. The van der Waals surface area contributed by atoms with Crippen molar-refractivity contribution in [3.63, 3.8) is 0 Å². The molecule has 0 radical (unpaired) electrons. The molecule has 1 saturated heterocycles. The number of likely N-dealkylation sites (tertiary alicyclic amines) is 1. The Bertz CT molecular complexity index is 1010. The number of aryl methyl sites for hydroxylation is 1. The summed E-state index contributed by atoms with van der Waals surface area (Å²) in [5.41, 5.74) is 3.01. The molecule has 8 heteroatoms. The van der Waals surface area contributed by atoms with Gasteiger partial charge in [0, 0.05) is 36.4 Å². The predicted octanol–water partition coefficient (Wildman–Crippen LogP) is 5.06. The van der Waals surface area contributed by atoms with E-state index in [2.05, 4.69) is 17.4 Å². The smallest absolute Gasteiger partial charge is 0.272 e. The van der Waals surface area contributed by atoms with Gasteiger partial charge in [-0.15, -0.1) is 0 Å². The van der Waals surface area contributed by atoms with Gasteiger partial charge in [0.15, 0.2) is 0 Å². The molecule has 2 aromatic carbocycles. The normalized spacial score (nSPS) is 20.9. The number of nitrogens with one attached hydrogen (secondary N) is 1. The molecular formula is C27H35N3O5. The Balaban J connectivity index is 1.16. The lowest BCUT2D eigenvalue weighted by molar-refractivity contribution is -0.385. The van der Waals surface area contributed by atoms with Crippen molar-refractivity contribution in [1.82, 2.24) is 4.90 Å². The summed E-state index contributed by atoms with van der Waals surface area (Å²) in [4.78, 5) is 25.3. The Morgan fingerprint density at radius 3 is 2.34 bits per heavy atom.